The fourth-order valence-electron chi connectivity index (χ4n) is 2.75. The highest BCUT2D eigenvalue weighted by Gasteiger charge is 2.17. The van der Waals surface area contributed by atoms with Gasteiger partial charge in [0.25, 0.3) is 0 Å². The predicted octanol–water partition coefficient (Wildman–Crippen LogP) is 5.02. The minimum absolute atomic E-state index is 0.138. The first-order valence-corrected chi connectivity index (χ1v) is 8.95. The second-order valence-electron chi connectivity index (χ2n) is 5.62. The summed E-state index contributed by atoms with van der Waals surface area (Å²) in [5.74, 6) is 0.258. The Morgan fingerprint density at radius 3 is 2.69 bits per heavy atom. The van der Waals surface area contributed by atoms with Crippen LogP contribution in [0.3, 0.4) is 0 Å². The Kier molecular flexibility index (Phi) is 5.55. The van der Waals surface area contributed by atoms with Crippen LogP contribution >= 0.6 is 15.9 Å². The Hall–Kier alpha value is -2.84. The quantitative estimate of drug-likeness (QED) is 0.438. The van der Waals surface area contributed by atoms with Gasteiger partial charge in [0, 0.05) is 6.07 Å². The largest absolute Gasteiger partial charge is 0.490 e. The molecule has 0 saturated carbocycles. The van der Waals surface area contributed by atoms with Crippen molar-refractivity contribution in [2.24, 2.45) is 0 Å². The molecule has 3 rings (SSSR count). The molecule has 0 atom stereocenters. The molecular weight excluding hydrogens is 394 g/mol. The van der Waals surface area contributed by atoms with Crippen molar-refractivity contribution in [3.8, 4) is 17.6 Å². The lowest BCUT2D eigenvalue weighted by atomic mass is 10.0. The first-order valence-electron chi connectivity index (χ1n) is 8.16. The molecule has 4 nitrogen and oxygen atoms in total. The van der Waals surface area contributed by atoms with Crippen molar-refractivity contribution in [1.29, 1.82) is 5.26 Å². The molecule has 0 unspecified atom stereocenters. The zero-order chi connectivity index (χ0) is 18.5. The average molecular weight is 410 g/mol. The van der Waals surface area contributed by atoms with Crippen LogP contribution in [0.15, 0.2) is 59.1 Å². The van der Waals surface area contributed by atoms with Gasteiger partial charge in [0.15, 0.2) is 11.5 Å². The fraction of sp³-hybridized carbons (Fsp3) is 0.143. The van der Waals surface area contributed by atoms with E-state index in [0.29, 0.717) is 22.4 Å². The summed E-state index contributed by atoms with van der Waals surface area (Å²) >= 11 is 3.35. The number of esters is 1. The third kappa shape index (κ3) is 3.87. The molecule has 3 aromatic rings. The van der Waals surface area contributed by atoms with Gasteiger partial charge in [-0.15, -0.1) is 0 Å². The lowest BCUT2D eigenvalue weighted by Crippen LogP contribution is -2.13. The van der Waals surface area contributed by atoms with Crippen LogP contribution in [0.2, 0.25) is 0 Å². The summed E-state index contributed by atoms with van der Waals surface area (Å²) in [6.45, 7) is 2.23. The Bertz CT molecular complexity index is 1000. The van der Waals surface area contributed by atoms with E-state index < -0.39 is 5.97 Å². The van der Waals surface area contributed by atoms with E-state index in [4.69, 9.17) is 14.7 Å². The minimum Gasteiger partial charge on any atom is -0.490 e. The van der Waals surface area contributed by atoms with Gasteiger partial charge < -0.3 is 9.47 Å². The number of hydrogen-bond donors (Lipinski definition) is 0. The van der Waals surface area contributed by atoms with E-state index >= 15 is 0 Å². The lowest BCUT2D eigenvalue weighted by molar-refractivity contribution is -0.133. The van der Waals surface area contributed by atoms with Gasteiger partial charge in [-0.1, -0.05) is 42.5 Å². The Morgan fingerprint density at radius 1 is 1.15 bits per heavy atom. The summed E-state index contributed by atoms with van der Waals surface area (Å²) in [6, 6.07) is 19.0. The van der Waals surface area contributed by atoms with Gasteiger partial charge in [-0.25, -0.2) is 0 Å². The summed E-state index contributed by atoms with van der Waals surface area (Å²) in [5, 5.41) is 11.2. The molecule has 0 N–H and O–H groups in total. The molecular formula is C21H16BrNO3. The molecule has 0 aliphatic rings. The summed E-state index contributed by atoms with van der Waals surface area (Å²) < 4.78 is 11.6. The molecule has 130 valence electrons. The Labute approximate surface area is 160 Å². The van der Waals surface area contributed by atoms with E-state index in [1.807, 2.05) is 49.4 Å². The molecule has 0 aromatic heterocycles. The molecule has 0 bridgehead atoms. The molecule has 0 spiro atoms. The first-order chi connectivity index (χ1) is 12.6. The highest BCUT2D eigenvalue weighted by atomic mass is 79.9. The van der Waals surface area contributed by atoms with Gasteiger partial charge in [0.2, 0.25) is 0 Å². The molecule has 0 amide bonds. The maximum absolute atomic E-state index is 12.5. The smallest absolute Gasteiger partial charge is 0.315 e. The van der Waals surface area contributed by atoms with E-state index in [1.165, 1.54) is 0 Å². The summed E-state index contributed by atoms with van der Waals surface area (Å²) in [7, 11) is 0. The topological polar surface area (TPSA) is 59.3 Å². The molecule has 0 saturated heterocycles. The highest BCUT2D eigenvalue weighted by Crippen LogP contribution is 2.37. The first kappa shape index (κ1) is 18.0. The third-order valence-electron chi connectivity index (χ3n) is 3.87. The summed E-state index contributed by atoms with van der Waals surface area (Å²) in [6.07, 6.45) is 0.138. The van der Waals surface area contributed by atoms with Crippen molar-refractivity contribution < 1.29 is 14.3 Å². The van der Waals surface area contributed by atoms with Crippen LogP contribution in [0.1, 0.15) is 18.1 Å². The van der Waals surface area contributed by atoms with Crippen LogP contribution < -0.4 is 9.47 Å². The number of fused-ring (bicyclic) bond motifs is 1. The zero-order valence-corrected chi connectivity index (χ0v) is 15.7. The molecule has 26 heavy (non-hydrogen) atoms. The number of hydrogen-bond acceptors (Lipinski definition) is 4. The Morgan fingerprint density at radius 2 is 1.92 bits per heavy atom. The maximum Gasteiger partial charge on any atom is 0.315 e. The van der Waals surface area contributed by atoms with Crippen molar-refractivity contribution in [2.75, 3.05) is 6.61 Å². The van der Waals surface area contributed by atoms with Gasteiger partial charge >= 0.3 is 5.97 Å². The predicted molar refractivity (Wildman–Crippen MR) is 103 cm³/mol. The third-order valence-corrected chi connectivity index (χ3v) is 4.46. The molecule has 0 fully saturated rings. The number of nitriles is 1. The average Bonchev–Trinajstić information content (AvgIpc) is 2.64. The second-order valence-corrected chi connectivity index (χ2v) is 6.47. The van der Waals surface area contributed by atoms with Gasteiger partial charge in [0.1, 0.15) is 0 Å². The molecule has 0 heterocycles. The minimum atomic E-state index is -0.396. The van der Waals surface area contributed by atoms with Crippen molar-refractivity contribution >= 4 is 32.7 Å². The maximum atomic E-state index is 12.5. The van der Waals surface area contributed by atoms with Crippen LogP contribution in [0.4, 0.5) is 0 Å². The van der Waals surface area contributed by atoms with Crippen LogP contribution in [0.5, 0.6) is 11.5 Å². The van der Waals surface area contributed by atoms with Gasteiger partial charge in [-0.05, 0) is 45.3 Å². The number of halogens is 1. The van der Waals surface area contributed by atoms with Crippen LogP contribution in [-0.2, 0) is 11.2 Å². The normalized spacial score (nSPS) is 10.3. The van der Waals surface area contributed by atoms with E-state index in [-0.39, 0.29) is 12.2 Å². The number of rotatable bonds is 5. The van der Waals surface area contributed by atoms with Crippen molar-refractivity contribution in [3.05, 3.63) is 70.2 Å². The molecule has 5 heteroatoms. The van der Waals surface area contributed by atoms with Crippen LogP contribution in [-0.4, -0.2) is 12.6 Å². The zero-order valence-electron chi connectivity index (χ0n) is 14.2. The molecule has 0 radical (unpaired) electrons. The monoisotopic (exact) mass is 409 g/mol. The highest BCUT2D eigenvalue weighted by molar-refractivity contribution is 9.10. The van der Waals surface area contributed by atoms with Crippen molar-refractivity contribution in [3.63, 3.8) is 0 Å². The lowest BCUT2D eigenvalue weighted by Gasteiger charge is -2.13. The number of ether oxygens (including phenoxy) is 2. The molecule has 0 aliphatic carbocycles. The Balaban J connectivity index is 1.87. The van der Waals surface area contributed by atoms with Gasteiger partial charge in [-0.2, -0.15) is 5.26 Å². The summed E-state index contributed by atoms with van der Waals surface area (Å²) in [4.78, 5) is 12.5. The fourth-order valence-corrected chi connectivity index (χ4v) is 3.27. The van der Waals surface area contributed by atoms with Crippen molar-refractivity contribution in [1.82, 2.24) is 0 Å². The van der Waals surface area contributed by atoms with Gasteiger partial charge in [-0.3, -0.25) is 4.79 Å². The van der Waals surface area contributed by atoms with E-state index in [9.17, 15) is 4.79 Å². The number of carbonyl (C=O) groups excluding carboxylic acids is 1. The number of nitrogens with zero attached hydrogens (tertiary/aromatic N) is 1. The second kappa shape index (κ2) is 8.03. The van der Waals surface area contributed by atoms with Gasteiger partial charge in [0.05, 0.1) is 29.1 Å². The SMILES string of the molecule is CCOc1cc(C#N)cc(Br)c1OC(=O)Cc1cccc2ccccc12. The van der Waals surface area contributed by atoms with E-state index in [2.05, 4.69) is 22.0 Å². The standard InChI is InChI=1S/C21H16BrNO3/c1-2-25-19-11-14(13-23)10-18(22)21(19)26-20(24)12-16-8-5-7-15-6-3-4-9-17(15)16/h3-11H,2,12H2,1H3. The van der Waals surface area contributed by atoms with Crippen molar-refractivity contribution in [2.45, 2.75) is 13.3 Å². The number of carbonyl (C=O) groups is 1. The van der Waals surface area contributed by atoms with E-state index in [0.717, 1.165) is 16.3 Å². The molecule has 3 aromatic carbocycles. The van der Waals surface area contributed by atoms with Crippen LogP contribution in [0, 0.1) is 11.3 Å². The molecule has 0 aliphatic heterocycles. The van der Waals surface area contributed by atoms with Crippen LogP contribution in [0.25, 0.3) is 10.8 Å². The summed E-state index contributed by atoms with van der Waals surface area (Å²) in [5.41, 5.74) is 1.32. The van der Waals surface area contributed by atoms with E-state index in [1.54, 1.807) is 12.1 Å². The number of benzene rings is 3.